The van der Waals surface area contributed by atoms with E-state index in [9.17, 15) is 0 Å². The number of nitrogen functional groups attached to an aromatic ring is 2. The molecule has 0 unspecified atom stereocenters. The van der Waals surface area contributed by atoms with E-state index in [4.69, 9.17) is 21.6 Å². The molecule has 0 spiro atoms. The van der Waals surface area contributed by atoms with Gasteiger partial charge in [0, 0.05) is 24.4 Å². The highest BCUT2D eigenvalue weighted by atomic mass is 16.5. The van der Waals surface area contributed by atoms with Crippen LogP contribution >= 0.6 is 0 Å². The Bertz CT molecular complexity index is 537. The Morgan fingerprint density at radius 2 is 2.05 bits per heavy atom. The minimum Gasteiger partial charge on any atom is -0.486 e. The number of nitrogens with zero attached hydrogens (tertiary/aromatic N) is 1. The summed E-state index contributed by atoms with van der Waals surface area (Å²) >= 11 is 0. The molecule has 1 rings (SSSR count). The maximum atomic E-state index is 7.81. The van der Waals surface area contributed by atoms with E-state index >= 15 is 0 Å². The third-order valence-corrected chi connectivity index (χ3v) is 3.15. The van der Waals surface area contributed by atoms with Gasteiger partial charge in [0.1, 0.15) is 23.9 Å². The number of allylic oxidation sites excluding steroid dienone is 1. The maximum Gasteiger partial charge on any atom is 0.155 e. The average Bonchev–Trinajstić information content (AvgIpc) is 2.41. The second-order valence-electron chi connectivity index (χ2n) is 4.58. The van der Waals surface area contributed by atoms with E-state index in [1.165, 1.54) is 0 Å². The first-order valence-electron chi connectivity index (χ1n) is 6.51. The highest BCUT2D eigenvalue weighted by molar-refractivity contribution is 5.96. The largest absolute Gasteiger partial charge is 0.486 e. The summed E-state index contributed by atoms with van der Waals surface area (Å²) in [5.74, 6) is 1.30. The van der Waals surface area contributed by atoms with Crippen molar-refractivity contribution in [1.29, 1.82) is 5.41 Å². The van der Waals surface area contributed by atoms with Gasteiger partial charge in [-0.1, -0.05) is 12.5 Å². The lowest BCUT2D eigenvalue weighted by atomic mass is 10.0. The molecule has 110 valence electrons. The fourth-order valence-electron chi connectivity index (χ4n) is 1.78. The average molecular weight is 277 g/mol. The Hall–Kier alpha value is -2.24. The summed E-state index contributed by atoms with van der Waals surface area (Å²) in [5, 5.41) is 10.7. The number of anilines is 3. The first kappa shape index (κ1) is 15.8. The van der Waals surface area contributed by atoms with Crippen LogP contribution in [-0.2, 0) is 0 Å². The van der Waals surface area contributed by atoms with Gasteiger partial charge < -0.3 is 26.9 Å². The van der Waals surface area contributed by atoms with Crippen LogP contribution in [0.5, 0.6) is 5.75 Å². The second kappa shape index (κ2) is 6.79. The van der Waals surface area contributed by atoms with Crippen molar-refractivity contribution < 1.29 is 4.74 Å². The third-order valence-electron chi connectivity index (χ3n) is 3.15. The van der Waals surface area contributed by atoms with E-state index in [1.54, 1.807) is 20.0 Å². The van der Waals surface area contributed by atoms with Gasteiger partial charge in [-0.25, -0.2) is 4.98 Å². The molecule has 0 bridgehead atoms. The summed E-state index contributed by atoms with van der Waals surface area (Å²) in [7, 11) is 1.72. The second-order valence-corrected chi connectivity index (χ2v) is 4.58. The van der Waals surface area contributed by atoms with Gasteiger partial charge in [-0.05, 0) is 20.3 Å². The monoisotopic (exact) mass is 277 g/mol. The summed E-state index contributed by atoms with van der Waals surface area (Å²) in [5.41, 5.74) is 14.6. The molecule has 0 aliphatic carbocycles. The highest BCUT2D eigenvalue weighted by Crippen LogP contribution is 2.30. The SMILES string of the molecule is CCC(C)=C(COc1cc(N)nc(NC)c1N)C(C)=N. The van der Waals surface area contributed by atoms with Crippen molar-refractivity contribution in [1.82, 2.24) is 4.98 Å². The van der Waals surface area contributed by atoms with Gasteiger partial charge in [0.25, 0.3) is 0 Å². The number of rotatable bonds is 6. The van der Waals surface area contributed by atoms with Crippen LogP contribution in [0.15, 0.2) is 17.2 Å². The molecule has 6 heteroatoms. The van der Waals surface area contributed by atoms with Crippen molar-refractivity contribution in [2.75, 3.05) is 30.4 Å². The van der Waals surface area contributed by atoms with Crippen LogP contribution in [0.4, 0.5) is 17.3 Å². The molecule has 20 heavy (non-hydrogen) atoms. The Morgan fingerprint density at radius 1 is 1.40 bits per heavy atom. The molecule has 0 aliphatic heterocycles. The minimum atomic E-state index is 0.297. The summed E-state index contributed by atoms with van der Waals surface area (Å²) in [6, 6.07) is 1.59. The van der Waals surface area contributed by atoms with Gasteiger partial charge in [0.15, 0.2) is 5.82 Å². The molecular weight excluding hydrogens is 254 g/mol. The van der Waals surface area contributed by atoms with Gasteiger partial charge in [-0.15, -0.1) is 0 Å². The van der Waals surface area contributed by atoms with E-state index in [0.717, 1.165) is 17.6 Å². The Kier molecular flexibility index (Phi) is 5.37. The van der Waals surface area contributed by atoms with Gasteiger partial charge in [-0.2, -0.15) is 0 Å². The number of nitrogens with one attached hydrogen (secondary N) is 2. The standard InChI is InChI=1S/C14H23N5O/c1-5-8(2)10(9(3)15)7-20-11-6-12(16)19-14(18-4)13(11)17/h6,15H,5,7,17H2,1-4H3,(H3,16,18,19). The van der Waals surface area contributed by atoms with E-state index < -0.39 is 0 Å². The van der Waals surface area contributed by atoms with Gasteiger partial charge in [-0.3, -0.25) is 0 Å². The minimum absolute atomic E-state index is 0.297. The predicted octanol–water partition coefficient (Wildman–Crippen LogP) is 2.43. The molecule has 1 heterocycles. The van der Waals surface area contributed by atoms with Crippen LogP contribution in [0.25, 0.3) is 0 Å². The van der Waals surface area contributed by atoms with Crippen molar-refractivity contribution in [3.8, 4) is 5.75 Å². The van der Waals surface area contributed by atoms with E-state index in [2.05, 4.69) is 17.2 Å². The van der Waals surface area contributed by atoms with Crippen molar-refractivity contribution in [3.63, 3.8) is 0 Å². The lowest BCUT2D eigenvalue weighted by Gasteiger charge is -2.15. The molecule has 6 N–H and O–H groups in total. The number of nitrogens with two attached hydrogens (primary N) is 2. The fraction of sp³-hybridized carbons (Fsp3) is 0.429. The molecule has 0 aromatic carbocycles. The molecule has 0 fully saturated rings. The molecule has 0 amide bonds. The summed E-state index contributed by atoms with van der Waals surface area (Å²) in [6.45, 7) is 6.10. The predicted molar refractivity (Wildman–Crippen MR) is 84.5 cm³/mol. The first-order valence-corrected chi connectivity index (χ1v) is 6.51. The highest BCUT2D eigenvalue weighted by Gasteiger charge is 2.11. The van der Waals surface area contributed by atoms with Crippen LogP contribution in [-0.4, -0.2) is 24.4 Å². The number of aromatic nitrogens is 1. The molecular formula is C14H23N5O. The zero-order valence-electron chi connectivity index (χ0n) is 12.5. The lowest BCUT2D eigenvalue weighted by molar-refractivity contribution is 0.358. The van der Waals surface area contributed by atoms with E-state index in [0.29, 0.717) is 35.4 Å². The molecule has 0 saturated carbocycles. The summed E-state index contributed by atoms with van der Waals surface area (Å²) in [6.07, 6.45) is 0.880. The fourth-order valence-corrected chi connectivity index (χ4v) is 1.78. The quantitative estimate of drug-likeness (QED) is 0.597. The molecule has 1 aromatic rings. The first-order chi connectivity index (χ1) is 9.40. The van der Waals surface area contributed by atoms with Crippen LogP contribution in [0.3, 0.4) is 0 Å². The van der Waals surface area contributed by atoms with Crippen LogP contribution in [0.2, 0.25) is 0 Å². The van der Waals surface area contributed by atoms with Crippen molar-refractivity contribution in [2.24, 2.45) is 0 Å². The van der Waals surface area contributed by atoms with Crippen molar-refractivity contribution in [2.45, 2.75) is 27.2 Å². The number of hydrogen-bond donors (Lipinski definition) is 4. The Morgan fingerprint density at radius 3 is 2.55 bits per heavy atom. The lowest BCUT2D eigenvalue weighted by Crippen LogP contribution is -2.12. The smallest absolute Gasteiger partial charge is 0.155 e. The molecule has 6 nitrogen and oxygen atoms in total. The summed E-state index contributed by atoms with van der Waals surface area (Å²) in [4.78, 5) is 4.07. The van der Waals surface area contributed by atoms with Crippen LogP contribution in [0, 0.1) is 5.41 Å². The van der Waals surface area contributed by atoms with Gasteiger partial charge in [0.05, 0.1) is 0 Å². The van der Waals surface area contributed by atoms with E-state index in [1.807, 2.05) is 6.92 Å². The van der Waals surface area contributed by atoms with Gasteiger partial charge >= 0.3 is 0 Å². The molecule has 0 aliphatic rings. The molecule has 0 saturated heterocycles. The molecule has 0 atom stereocenters. The van der Waals surface area contributed by atoms with Crippen molar-refractivity contribution in [3.05, 3.63) is 17.2 Å². The number of hydrogen-bond acceptors (Lipinski definition) is 6. The molecule has 1 aromatic heterocycles. The van der Waals surface area contributed by atoms with Crippen LogP contribution in [0.1, 0.15) is 27.2 Å². The normalized spacial score (nSPS) is 11.8. The number of ether oxygens (including phenoxy) is 1. The zero-order chi connectivity index (χ0) is 15.3. The Labute approximate surface area is 119 Å². The topological polar surface area (TPSA) is 110 Å². The third kappa shape index (κ3) is 3.63. The Balaban J connectivity index is 3.00. The van der Waals surface area contributed by atoms with Crippen molar-refractivity contribution >= 4 is 23.0 Å². The zero-order valence-corrected chi connectivity index (χ0v) is 12.5. The molecule has 0 radical (unpaired) electrons. The number of pyridine rings is 1. The maximum absolute atomic E-state index is 7.81. The van der Waals surface area contributed by atoms with E-state index in [-0.39, 0.29) is 0 Å². The van der Waals surface area contributed by atoms with Gasteiger partial charge in [0.2, 0.25) is 0 Å². The van der Waals surface area contributed by atoms with Crippen LogP contribution < -0.4 is 21.5 Å². The summed E-state index contributed by atoms with van der Waals surface area (Å²) < 4.78 is 5.72.